The summed E-state index contributed by atoms with van der Waals surface area (Å²) in [5.41, 5.74) is 1.72. The molecule has 3 nitrogen and oxygen atoms in total. The van der Waals surface area contributed by atoms with E-state index < -0.39 is 9.84 Å². The summed E-state index contributed by atoms with van der Waals surface area (Å²) < 4.78 is 23.0. The standard InChI is InChI=1S/C14H11NO2S/c1-18(16,17)12-6-7-14-11(9-12)8-10-4-2-3-5-13(10)15-14/h2-9H,1H3. The zero-order chi connectivity index (χ0) is 12.8. The molecule has 0 fully saturated rings. The average molecular weight is 257 g/mol. The van der Waals surface area contributed by atoms with Crippen molar-refractivity contribution in [1.29, 1.82) is 0 Å². The first kappa shape index (κ1) is 11.2. The van der Waals surface area contributed by atoms with Crippen molar-refractivity contribution in [1.82, 2.24) is 4.98 Å². The highest BCUT2D eigenvalue weighted by molar-refractivity contribution is 7.90. The van der Waals surface area contributed by atoms with Crippen LogP contribution in [0.4, 0.5) is 0 Å². The molecular formula is C14H11NO2S. The molecule has 1 aromatic heterocycles. The van der Waals surface area contributed by atoms with E-state index in [1.54, 1.807) is 18.2 Å². The van der Waals surface area contributed by atoms with Crippen LogP contribution in [0.15, 0.2) is 53.4 Å². The van der Waals surface area contributed by atoms with Crippen LogP contribution < -0.4 is 0 Å². The predicted molar refractivity (Wildman–Crippen MR) is 72.4 cm³/mol. The Morgan fingerprint density at radius 3 is 2.39 bits per heavy atom. The summed E-state index contributed by atoms with van der Waals surface area (Å²) in [6.07, 6.45) is 1.21. The van der Waals surface area contributed by atoms with Crippen molar-refractivity contribution < 1.29 is 8.42 Å². The Balaban J connectivity index is 2.37. The Bertz CT molecular complexity index is 854. The van der Waals surface area contributed by atoms with Crippen molar-refractivity contribution in [3.63, 3.8) is 0 Å². The topological polar surface area (TPSA) is 47.0 Å². The van der Waals surface area contributed by atoms with Gasteiger partial charge < -0.3 is 0 Å². The van der Waals surface area contributed by atoms with Crippen molar-refractivity contribution in [3.8, 4) is 0 Å². The van der Waals surface area contributed by atoms with Gasteiger partial charge in [-0.25, -0.2) is 13.4 Å². The fraction of sp³-hybridized carbons (Fsp3) is 0.0714. The van der Waals surface area contributed by atoms with E-state index in [4.69, 9.17) is 0 Å². The molecule has 0 aliphatic carbocycles. The van der Waals surface area contributed by atoms with Crippen LogP contribution in [-0.4, -0.2) is 19.7 Å². The molecule has 1 heterocycles. The van der Waals surface area contributed by atoms with Crippen LogP contribution in [0.5, 0.6) is 0 Å². The lowest BCUT2D eigenvalue weighted by Gasteiger charge is -2.03. The van der Waals surface area contributed by atoms with Gasteiger partial charge in [0, 0.05) is 17.0 Å². The monoisotopic (exact) mass is 257 g/mol. The number of benzene rings is 2. The number of hydrogen-bond donors (Lipinski definition) is 0. The van der Waals surface area contributed by atoms with Crippen molar-refractivity contribution in [3.05, 3.63) is 48.5 Å². The molecule has 0 aliphatic heterocycles. The van der Waals surface area contributed by atoms with E-state index in [9.17, 15) is 8.42 Å². The normalized spacial score (nSPS) is 12.1. The van der Waals surface area contributed by atoms with Crippen LogP contribution in [0.3, 0.4) is 0 Å². The second kappa shape index (κ2) is 3.78. The van der Waals surface area contributed by atoms with E-state index in [1.165, 1.54) is 6.26 Å². The molecule has 0 unspecified atom stereocenters. The van der Waals surface area contributed by atoms with Crippen molar-refractivity contribution in [2.45, 2.75) is 4.90 Å². The molecule has 0 saturated heterocycles. The zero-order valence-electron chi connectivity index (χ0n) is 9.79. The third-order valence-electron chi connectivity index (χ3n) is 2.92. The zero-order valence-corrected chi connectivity index (χ0v) is 10.6. The Hall–Kier alpha value is -1.94. The summed E-state index contributed by atoms with van der Waals surface area (Å²) in [7, 11) is -3.18. The first-order chi connectivity index (χ1) is 8.54. The Kier molecular flexibility index (Phi) is 2.35. The van der Waals surface area contributed by atoms with Gasteiger partial charge >= 0.3 is 0 Å². The van der Waals surface area contributed by atoms with Gasteiger partial charge in [0.1, 0.15) is 0 Å². The second-order valence-electron chi connectivity index (χ2n) is 4.31. The van der Waals surface area contributed by atoms with E-state index in [2.05, 4.69) is 4.98 Å². The van der Waals surface area contributed by atoms with Gasteiger partial charge in [-0.15, -0.1) is 0 Å². The largest absolute Gasteiger partial charge is 0.248 e. The summed E-state index contributed by atoms with van der Waals surface area (Å²) in [6, 6.07) is 14.8. The van der Waals surface area contributed by atoms with Crippen molar-refractivity contribution in [2.75, 3.05) is 6.26 Å². The summed E-state index contributed by atoms with van der Waals surface area (Å²) in [5, 5.41) is 1.85. The minimum absolute atomic E-state index is 0.326. The van der Waals surface area contributed by atoms with Crippen molar-refractivity contribution >= 4 is 31.6 Å². The number of rotatable bonds is 1. The minimum Gasteiger partial charge on any atom is -0.248 e. The van der Waals surface area contributed by atoms with Crippen LogP contribution in [0.25, 0.3) is 21.8 Å². The maximum Gasteiger partial charge on any atom is 0.175 e. The van der Waals surface area contributed by atoms with Gasteiger partial charge in [0.25, 0.3) is 0 Å². The van der Waals surface area contributed by atoms with Gasteiger partial charge in [0.15, 0.2) is 9.84 Å². The highest BCUT2D eigenvalue weighted by atomic mass is 32.2. The molecule has 0 radical (unpaired) electrons. The van der Waals surface area contributed by atoms with Gasteiger partial charge in [-0.3, -0.25) is 0 Å². The molecule has 0 atom stereocenters. The Morgan fingerprint density at radius 1 is 0.889 bits per heavy atom. The van der Waals surface area contributed by atoms with Gasteiger partial charge in [-0.2, -0.15) is 0 Å². The first-order valence-electron chi connectivity index (χ1n) is 5.54. The molecule has 18 heavy (non-hydrogen) atoms. The molecule has 0 bridgehead atoms. The van der Waals surface area contributed by atoms with Crippen LogP contribution in [-0.2, 0) is 9.84 Å². The predicted octanol–water partition coefficient (Wildman–Crippen LogP) is 2.79. The third-order valence-corrected chi connectivity index (χ3v) is 4.03. The minimum atomic E-state index is -3.18. The summed E-state index contributed by atoms with van der Waals surface area (Å²) in [6.45, 7) is 0. The van der Waals surface area contributed by atoms with Crippen LogP contribution in [0.1, 0.15) is 0 Å². The summed E-state index contributed by atoms with van der Waals surface area (Å²) in [4.78, 5) is 4.83. The van der Waals surface area contributed by atoms with Gasteiger partial charge in [0.2, 0.25) is 0 Å². The van der Waals surface area contributed by atoms with Crippen LogP contribution in [0.2, 0.25) is 0 Å². The highest BCUT2D eigenvalue weighted by Crippen LogP contribution is 2.22. The summed E-state index contributed by atoms with van der Waals surface area (Å²) >= 11 is 0. The van der Waals surface area contributed by atoms with Gasteiger partial charge in [-0.05, 0) is 30.3 Å². The molecule has 4 heteroatoms. The second-order valence-corrected chi connectivity index (χ2v) is 6.32. The molecule has 0 aliphatic rings. The molecule has 0 amide bonds. The van der Waals surface area contributed by atoms with Crippen LogP contribution in [0, 0.1) is 0 Å². The van der Waals surface area contributed by atoms with E-state index in [0.717, 1.165) is 21.8 Å². The SMILES string of the molecule is CS(=O)(=O)c1ccc2nc3ccccc3cc2c1. The number of hydrogen-bond acceptors (Lipinski definition) is 3. The quantitative estimate of drug-likeness (QED) is 0.630. The lowest BCUT2D eigenvalue weighted by molar-refractivity contribution is 0.602. The van der Waals surface area contributed by atoms with E-state index in [1.807, 2.05) is 30.3 Å². The van der Waals surface area contributed by atoms with Gasteiger partial charge in [-0.1, -0.05) is 18.2 Å². The molecule has 90 valence electrons. The smallest absolute Gasteiger partial charge is 0.175 e. The molecule has 0 N–H and O–H groups in total. The Labute approximate surface area is 105 Å². The highest BCUT2D eigenvalue weighted by Gasteiger charge is 2.08. The molecular weight excluding hydrogens is 246 g/mol. The van der Waals surface area contributed by atoms with Crippen molar-refractivity contribution in [2.24, 2.45) is 0 Å². The lowest BCUT2D eigenvalue weighted by Crippen LogP contribution is -1.96. The number of para-hydroxylation sites is 1. The number of fused-ring (bicyclic) bond motifs is 2. The van der Waals surface area contributed by atoms with Gasteiger partial charge in [0.05, 0.1) is 15.9 Å². The lowest BCUT2D eigenvalue weighted by atomic mass is 10.1. The average Bonchev–Trinajstić information content (AvgIpc) is 2.34. The summed E-state index contributed by atoms with van der Waals surface area (Å²) in [5.74, 6) is 0. The first-order valence-corrected chi connectivity index (χ1v) is 7.43. The maximum atomic E-state index is 11.5. The third kappa shape index (κ3) is 1.84. The van der Waals surface area contributed by atoms with E-state index >= 15 is 0 Å². The molecule has 2 aromatic carbocycles. The number of nitrogens with zero attached hydrogens (tertiary/aromatic N) is 1. The van der Waals surface area contributed by atoms with Crippen LogP contribution >= 0.6 is 0 Å². The Morgan fingerprint density at radius 2 is 1.61 bits per heavy atom. The number of pyridine rings is 1. The van der Waals surface area contributed by atoms with E-state index in [-0.39, 0.29) is 0 Å². The maximum absolute atomic E-state index is 11.5. The number of aromatic nitrogens is 1. The van der Waals surface area contributed by atoms with E-state index in [0.29, 0.717) is 4.90 Å². The molecule has 0 saturated carbocycles. The fourth-order valence-corrected chi connectivity index (χ4v) is 2.65. The molecule has 3 rings (SSSR count). The number of sulfone groups is 1. The molecule has 0 spiro atoms. The molecule has 3 aromatic rings. The fourth-order valence-electron chi connectivity index (χ4n) is 1.99.